The van der Waals surface area contributed by atoms with Crippen LogP contribution in [0.25, 0.3) is 0 Å². The molecule has 2 rings (SSSR count). The van der Waals surface area contributed by atoms with Crippen LogP contribution < -0.4 is 10.9 Å². The zero-order valence-corrected chi connectivity index (χ0v) is 9.95. The molecular weight excluding hydrogens is 242 g/mol. The summed E-state index contributed by atoms with van der Waals surface area (Å²) in [5.41, 5.74) is 0.0876. The van der Waals surface area contributed by atoms with E-state index in [1.54, 1.807) is 12.4 Å². The number of imidazole rings is 1. The van der Waals surface area contributed by atoms with E-state index < -0.39 is 5.56 Å². The van der Waals surface area contributed by atoms with E-state index in [-0.39, 0.29) is 11.1 Å². The lowest BCUT2D eigenvalue weighted by atomic mass is 10.2. The summed E-state index contributed by atoms with van der Waals surface area (Å²) in [6, 6.07) is -0.0360. The van der Waals surface area contributed by atoms with Crippen molar-refractivity contribution in [3.63, 3.8) is 0 Å². The molecule has 0 fully saturated rings. The first kappa shape index (κ1) is 11.7. The molecule has 3 N–H and O–H groups in total. The predicted molar refractivity (Wildman–Crippen MR) is 65.1 cm³/mol. The minimum atomic E-state index is -0.411. The van der Waals surface area contributed by atoms with Crippen molar-refractivity contribution < 1.29 is 0 Å². The first-order valence-corrected chi connectivity index (χ1v) is 5.59. The average Bonchev–Trinajstić information content (AvgIpc) is 2.85. The molecule has 0 bridgehead atoms. The van der Waals surface area contributed by atoms with Crippen molar-refractivity contribution in [2.24, 2.45) is 0 Å². The van der Waals surface area contributed by atoms with Gasteiger partial charge in [0.2, 0.25) is 0 Å². The molecule has 0 aliphatic rings. The average molecular weight is 254 g/mol. The highest BCUT2D eigenvalue weighted by molar-refractivity contribution is 6.32. The quantitative estimate of drug-likeness (QED) is 0.774. The normalized spacial score (nSPS) is 12.4. The zero-order valence-electron chi connectivity index (χ0n) is 9.20. The van der Waals surface area contributed by atoms with Crippen LogP contribution in [0.1, 0.15) is 25.2 Å². The summed E-state index contributed by atoms with van der Waals surface area (Å²) >= 11 is 5.88. The standard InChI is InChI=1S/C10H12ClN5O/c1-2-6(9-12-3-4-13-9)15-7-5-14-16-10(17)8(7)11/h3-6H,2H2,1H3,(H,12,13)(H2,15,16,17). The Kier molecular flexibility index (Phi) is 3.43. The Morgan fingerprint density at radius 1 is 1.59 bits per heavy atom. The lowest BCUT2D eigenvalue weighted by molar-refractivity contribution is 0.702. The van der Waals surface area contributed by atoms with E-state index in [1.165, 1.54) is 6.20 Å². The van der Waals surface area contributed by atoms with E-state index in [1.807, 2.05) is 6.92 Å². The molecule has 2 aromatic heterocycles. The molecule has 1 unspecified atom stereocenters. The number of nitrogens with one attached hydrogen (secondary N) is 3. The van der Waals surface area contributed by atoms with E-state index in [0.717, 1.165) is 12.2 Å². The van der Waals surface area contributed by atoms with Gasteiger partial charge >= 0.3 is 0 Å². The Morgan fingerprint density at radius 3 is 3.06 bits per heavy atom. The Morgan fingerprint density at radius 2 is 2.41 bits per heavy atom. The summed E-state index contributed by atoms with van der Waals surface area (Å²) in [4.78, 5) is 18.5. The van der Waals surface area contributed by atoms with Gasteiger partial charge in [0.05, 0.1) is 17.9 Å². The third-order valence-electron chi connectivity index (χ3n) is 2.38. The highest BCUT2D eigenvalue weighted by Crippen LogP contribution is 2.22. The predicted octanol–water partition coefficient (Wildman–Crippen LogP) is 1.71. The molecule has 0 amide bonds. The second-order valence-corrected chi connectivity index (χ2v) is 3.88. The molecule has 0 spiro atoms. The molecule has 7 heteroatoms. The van der Waals surface area contributed by atoms with Crippen LogP contribution >= 0.6 is 11.6 Å². The van der Waals surface area contributed by atoms with Gasteiger partial charge in [-0.15, -0.1) is 0 Å². The Labute approximate surface area is 102 Å². The minimum Gasteiger partial charge on any atom is -0.372 e. The fourth-order valence-electron chi connectivity index (χ4n) is 1.50. The van der Waals surface area contributed by atoms with Crippen LogP contribution in [0.3, 0.4) is 0 Å². The highest BCUT2D eigenvalue weighted by atomic mass is 35.5. The lowest BCUT2D eigenvalue weighted by Gasteiger charge is -2.16. The van der Waals surface area contributed by atoms with E-state index in [4.69, 9.17) is 11.6 Å². The number of halogens is 1. The fraction of sp³-hybridized carbons (Fsp3) is 0.300. The van der Waals surface area contributed by atoms with Crippen LogP contribution in [0.15, 0.2) is 23.4 Å². The number of H-pyrrole nitrogens is 2. The van der Waals surface area contributed by atoms with Gasteiger partial charge in [-0.3, -0.25) is 4.79 Å². The SMILES string of the molecule is CCC(Nc1cn[nH]c(=O)c1Cl)c1ncc[nH]1. The lowest BCUT2D eigenvalue weighted by Crippen LogP contribution is -2.16. The molecule has 90 valence electrons. The molecule has 1 atom stereocenters. The van der Waals surface area contributed by atoms with Gasteiger partial charge in [-0.05, 0) is 6.42 Å². The zero-order chi connectivity index (χ0) is 12.3. The Balaban J connectivity index is 2.25. The second-order valence-electron chi connectivity index (χ2n) is 3.51. The summed E-state index contributed by atoms with van der Waals surface area (Å²) in [5, 5.41) is 9.20. The van der Waals surface area contributed by atoms with Crippen molar-refractivity contribution in [1.29, 1.82) is 0 Å². The molecule has 2 heterocycles. The number of hydrogen-bond acceptors (Lipinski definition) is 4. The summed E-state index contributed by atoms with van der Waals surface area (Å²) in [6.07, 6.45) is 5.71. The number of anilines is 1. The summed E-state index contributed by atoms with van der Waals surface area (Å²) in [5.74, 6) is 0.795. The molecule has 2 aromatic rings. The van der Waals surface area contributed by atoms with Crippen molar-refractivity contribution >= 4 is 17.3 Å². The van der Waals surface area contributed by atoms with E-state index in [0.29, 0.717) is 5.69 Å². The van der Waals surface area contributed by atoms with Gasteiger partial charge in [-0.2, -0.15) is 5.10 Å². The van der Waals surface area contributed by atoms with E-state index in [2.05, 4.69) is 25.5 Å². The van der Waals surface area contributed by atoms with Gasteiger partial charge in [0.15, 0.2) is 0 Å². The van der Waals surface area contributed by atoms with Crippen LogP contribution in [-0.4, -0.2) is 20.2 Å². The van der Waals surface area contributed by atoms with Gasteiger partial charge in [0, 0.05) is 12.4 Å². The van der Waals surface area contributed by atoms with Crippen LogP contribution in [0.2, 0.25) is 5.02 Å². The maximum Gasteiger partial charge on any atom is 0.285 e. The number of aromatic nitrogens is 4. The Bertz CT molecular complexity index is 536. The van der Waals surface area contributed by atoms with Crippen molar-refractivity contribution in [2.45, 2.75) is 19.4 Å². The number of aromatic amines is 2. The molecule has 0 aliphatic carbocycles. The molecular formula is C10H12ClN5O. The van der Waals surface area contributed by atoms with Crippen LogP contribution in [-0.2, 0) is 0 Å². The van der Waals surface area contributed by atoms with Crippen LogP contribution in [0.4, 0.5) is 5.69 Å². The van der Waals surface area contributed by atoms with Crippen molar-refractivity contribution in [1.82, 2.24) is 20.2 Å². The maximum absolute atomic E-state index is 11.3. The Hall–Kier alpha value is -1.82. The third-order valence-corrected chi connectivity index (χ3v) is 2.76. The smallest absolute Gasteiger partial charge is 0.285 e. The molecule has 0 aromatic carbocycles. The van der Waals surface area contributed by atoms with Crippen molar-refractivity contribution in [2.75, 3.05) is 5.32 Å². The number of hydrogen-bond donors (Lipinski definition) is 3. The molecule has 0 saturated carbocycles. The van der Waals surface area contributed by atoms with Gasteiger partial charge in [-0.1, -0.05) is 18.5 Å². The summed E-state index contributed by atoms with van der Waals surface area (Å²) in [7, 11) is 0. The largest absolute Gasteiger partial charge is 0.372 e. The topological polar surface area (TPSA) is 86.5 Å². The molecule has 6 nitrogen and oxygen atoms in total. The monoisotopic (exact) mass is 253 g/mol. The first-order valence-electron chi connectivity index (χ1n) is 5.21. The van der Waals surface area contributed by atoms with Crippen molar-refractivity contribution in [3.05, 3.63) is 39.8 Å². The third kappa shape index (κ3) is 2.47. The first-order chi connectivity index (χ1) is 8.22. The van der Waals surface area contributed by atoms with E-state index >= 15 is 0 Å². The molecule has 0 saturated heterocycles. The second kappa shape index (κ2) is 5.01. The maximum atomic E-state index is 11.3. The fourth-order valence-corrected chi connectivity index (χ4v) is 1.65. The molecule has 17 heavy (non-hydrogen) atoms. The van der Waals surface area contributed by atoms with Gasteiger partial charge in [-0.25, -0.2) is 10.1 Å². The van der Waals surface area contributed by atoms with Crippen molar-refractivity contribution in [3.8, 4) is 0 Å². The molecule has 0 aliphatic heterocycles. The van der Waals surface area contributed by atoms with Crippen LogP contribution in [0.5, 0.6) is 0 Å². The van der Waals surface area contributed by atoms with E-state index in [9.17, 15) is 4.79 Å². The molecule has 0 radical (unpaired) electrons. The highest BCUT2D eigenvalue weighted by Gasteiger charge is 2.14. The summed E-state index contributed by atoms with van der Waals surface area (Å²) < 4.78 is 0. The number of rotatable bonds is 4. The van der Waals surface area contributed by atoms with Gasteiger partial charge in [0.25, 0.3) is 5.56 Å². The van der Waals surface area contributed by atoms with Gasteiger partial charge in [0.1, 0.15) is 10.8 Å². The number of nitrogens with zero attached hydrogens (tertiary/aromatic N) is 2. The van der Waals surface area contributed by atoms with Gasteiger partial charge < -0.3 is 10.3 Å². The van der Waals surface area contributed by atoms with Crippen LogP contribution in [0, 0.1) is 0 Å². The minimum absolute atomic E-state index is 0.0360. The summed E-state index contributed by atoms with van der Waals surface area (Å²) in [6.45, 7) is 2.01.